The Kier molecular flexibility index (Phi) is 9.06. The van der Waals surface area contributed by atoms with Crippen molar-refractivity contribution in [3.8, 4) is 6.07 Å². The topological polar surface area (TPSA) is 94.9 Å². The minimum atomic E-state index is -0.386. The number of allylic oxidation sites excluding steroid dienone is 4. The van der Waals surface area contributed by atoms with Crippen molar-refractivity contribution in [2.45, 2.75) is 39.5 Å². The summed E-state index contributed by atoms with van der Waals surface area (Å²) in [6.45, 7) is 3.97. The van der Waals surface area contributed by atoms with Crippen molar-refractivity contribution in [2.24, 2.45) is 0 Å². The Balaban J connectivity index is 1.93. The van der Waals surface area contributed by atoms with Crippen LogP contribution in [0, 0.1) is 11.3 Å². The molecule has 29 heavy (non-hydrogen) atoms. The van der Waals surface area contributed by atoms with E-state index in [1.165, 1.54) is 22.5 Å². The number of carbonyl (C=O) groups is 2. The van der Waals surface area contributed by atoms with Gasteiger partial charge in [-0.3, -0.25) is 9.59 Å². The largest absolute Gasteiger partial charge is 0.347 e. The van der Waals surface area contributed by atoms with Gasteiger partial charge in [0.25, 0.3) is 0 Å². The summed E-state index contributed by atoms with van der Waals surface area (Å²) < 4.78 is 1.04. The fourth-order valence-corrected chi connectivity index (χ4v) is 3.66. The van der Waals surface area contributed by atoms with Crippen LogP contribution in [0.3, 0.4) is 0 Å². The molecule has 0 bridgehead atoms. The molecule has 2 N–H and O–H groups in total. The molecule has 2 aromatic rings. The van der Waals surface area contributed by atoms with Gasteiger partial charge in [-0.15, -0.1) is 11.3 Å². The van der Waals surface area contributed by atoms with Crippen LogP contribution in [-0.2, 0) is 22.4 Å². The molecule has 0 saturated carbocycles. The molecule has 2 amide bonds. The van der Waals surface area contributed by atoms with Gasteiger partial charge in [0.2, 0.25) is 11.8 Å². The number of nitriles is 1. The molecule has 7 heteroatoms. The van der Waals surface area contributed by atoms with Gasteiger partial charge in [-0.25, -0.2) is 4.98 Å². The molecule has 1 aromatic heterocycles. The summed E-state index contributed by atoms with van der Waals surface area (Å²) in [5, 5.41) is 14.1. The molecular formula is C22H26N4O2S. The van der Waals surface area contributed by atoms with Crippen LogP contribution in [-0.4, -0.2) is 29.9 Å². The standard InChI is InChI=1S/C22H26N4O2S/c1-3-5-6-16(4-2)7-8-17-9-10-19-18(13-17)26-22(29-19)14-20(27)25-15-21(28)24-12-11-23/h4-6,9-10,13H,3,7-8,12,14-15H2,1-2H3,(H,24,28)(H,25,27)/b6-5-,16-4+. The van der Waals surface area contributed by atoms with Gasteiger partial charge < -0.3 is 10.6 Å². The van der Waals surface area contributed by atoms with Gasteiger partial charge in [-0.05, 0) is 43.9 Å². The van der Waals surface area contributed by atoms with Gasteiger partial charge in [-0.1, -0.05) is 36.8 Å². The Morgan fingerprint density at radius 1 is 1.28 bits per heavy atom. The van der Waals surface area contributed by atoms with Gasteiger partial charge in [0.05, 0.1) is 29.3 Å². The monoisotopic (exact) mass is 410 g/mol. The first-order valence-corrected chi connectivity index (χ1v) is 10.5. The molecule has 1 heterocycles. The van der Waals surface area contributed by atoms with Crippen LogP contribution in [0.5, 0.6) is 0 Å². The maximum absolute atomic E-state index is 12.0. The number of fused-ring (bicyclic) bond motifs is 1. The van der Waals surface area contributed by atoms with E-state index in [1.54, 1.807) is 0 Å². The molecule has 2 rings (SSSR count). The van der Waals surface area contributed by atoms with E-state index in [4.69, 9.17) is 5.26 Å². The quantitative estimate of drug-likeness (QED) is 0.463. The van der Waals surface area contributed by atoms with E-state index < -0.39 is 0 Å². The van der Waals surface area contributed by atoms with Crippen LogP contribution in [0.1, 0.15) is 37.3 Å². The first-order chi connectivity index (χ1) is 14.0. The summed E-state index contributed by atoms with van der Waals surface area (Å²) in [6.07, 6.45) is 9.57. The number of nitrogens with zero attached hydrogens (tertiary/aromatic N) is 2. The van der Waals surface area contributed by atoms with E-state index in [0.717, 1.165) is 29.5 Å². The molecule has 0 spiro atoms. The summed E-state index contributed by atoms with van der Waals surface area (Å²) in [5.74, 6) is -0.653. The molecule has 152 valence electrons. The van der Waals surface area contributed by atoms with E-state index in [0.29, 0.717) is 5.01 Å². The average Bonchev–Trinajstić information content (AvgIpc) is 3.12. The minimum Gasteiger partial charge on any atom is -0.347 e. The van der Waals surface area contributed by atoms with Crippen molar-refractivity contribution in [1.82, 2.24) is 15.6 Å². The summed E-state index contributed by atoms with van der Waals surface area (Å²) in [5.41, 5.74) is 3.44. The normalized spacial score (nSPS) is 11.6. The second kappa shape index (κ2) is 11.8. The minimum absolute atomic E-state index is 0.0701. The lowest BCUT2D eigenvalue weighted by molar-refractivity contribution is -0.125. The molecular weight excluding hydrogens is 384 g/mol. The highest BCUT2D eigenvalue weighted by Crippen LogP contribution is 2.24. The summed E-state index contributed by atoms with van der Waals surface area (Å²) in [6, 6.07) is 8.06. The number of thiazole rings is 1. The lowest BCUT2D eigenvalue weighted by Crippen LogP contribution is -2.37. The number of hydrogen-bond donors (Lipinski definition) is 2. The third-order valence-corrected chi connectivity index (χ3v) is 5.30. The van der Waals surface area contributed by atoms with Gasteiger partial charge in [0, 0.05) is 0 Å². The van der Waals surface area contributed by atoms with Crippen LogP contribution < -0.4 is 10.6 Å². The molecule has 0 fully saturated rings. The highest BCUT2D eigenvalue weighted by molar-refractivity contribution is 7.18. The van der Waals surface area contributed by atoms with Gasteiger partial charge in [0.15, 0.2) is 0 Å². The summed E-state index contributed by atoms with van der Waals surface area (Å²) >= 11 is 1.48. The summed E-state index contributed by atoms with van der Waals surface area (Å²) in [4.78, 5) is 28.0. The maximum Gasteiger partial charge on any atom is 0.240 e. The lowest BCUT2D eigenvalue weighted by atomic mass is 10.0. The van der Waals surface area contributed by atoms with Crippen molar-refractivity contribution >= 4 is 33.4 Å². The second-order valence-corrected chi connectivity index (χ2v) is 7.59. The number of aromatic nitrogens is 1. The number of rotatable bonds is 10. The Morgan fingerprint density at radius 3 is 2.83 bits per heavy atom. The highest BCUT2D eigenvalue weighted by Gasteiger charge is 2.11. The van der Waals surface area contributed by atoms with E-state index in [2.05, 4.69) is 65.9 Å². The predicted molar refractivity (Wildman–Crippen MR) is 116 cm³/mol. The second-order valence-electron chi connectivity index (χ2n) is 6.47. The van der Waals surface area contributed by atoms with E-state index in [9.17, 15) is 9.59 Å². The number of carbonyl (C=O) groups excluding carboxylic acids is 2. The number of nitrogens with one attached hydrogen (secondary N) is 2. The van der Waals surface area contributed by atoms with Crippen molar-refractivity contribution in [3.63, 3.8) is 0 Å². The third kappa shape index (κ3) is 7.51. The average molecular weight is 411 g/mol. The van der Waals surface area contributed by atoms with E-state index in [1.807, 2.05) is 6.07 Å². The number of aryl methyl sites for hydroxylation is 1. The Morgan fingerprint density at radius 2 is 2.10 bits per heavy atom. The highest BCUT2D eigenvalue weighted by atomic mass is 32.1. The van der Waals surface area contributed by atoms with Crippen LogP contribution in [0.2, 0.25) is 0 Å². The fourth-order valence-electron chi connectivity index (χ4n) is 2.71. The zero-order chi connectivity index (χ0) is 21.1. The van der Waals surface area contributed by atoms with Crippen molar-refractivity contribution in [2.75, 3.05) is 13.1 Å². The van der Waals surface area contributed by atoms with Crippen molar-refractivity contribution in [1.29, 1.82) is 5.26 Å². The van der Waals surface area contributed by atoms with Crippen LogP contribution in [0.4, 0.5) is 0 Å². The SMILES string of the molecule is C/C=C(\C=C/CC)CCc1ccc2sc(CC(=O)NCC(=O)NCC#N)nc2c1. The molecule has 0 atom stereocenters. The zero-order valence-electron chi connectivity index (χ0n) is 16.8. The molecule has 0 aliphatic rings. The van der Waals surface area contributed by atoms with Gasteiger partial charge >= 0.3 is 0 Å². The first-order valence-electron chi connectivity index (χ1n) is 9.66. The van der Waals surface area contributed by atoms with Crippen LogP contribution >= 0.6 is 11.3 Å². The maximum atomic E-state index is 12.0. The Hall–Kier alpha value is -2.98. The molecule has 0 aliphatic heterocycles. The van der Waals surface area contributed by atoms with Crippen molar-refractivity contribution < 1.29 is 9.59 Å². The predicted octanol–water partition coefficient (Wildman–Crippen LogP) is 3.44. The molecule has 0 aliphatic carbocycles. The fraction of sp³-hybridized carbons (Fsp3) is 0.364. The first kappa shape index (κ1) is 22.3. The molecule has 1 aromatic carbocycles. The molecule has 6 nitrogen and oxygen atoms in total. The summed E-state index contributed by atoms with van der Waals surface area (Å²) in [7, 11) is 0. The molecule has 0 unspecified atom stereocenters. The van der Waals surface area contributed by atoms with E-state index >= 15 is 0 Å². The molecule has 0 saturated heterocycles. The van der Waals surface area contributed by atoms with Crippen LogP contribution in [0.25, 0.3) is 10.2 Å². The third-order valence-electron chi connectivity index (χ3n) is 4.26. The van der Waals surface area contributed by atoms with Gasteiger partial charge in [-0.2, -0.15) is 5.26 Å². The smallest absolute Gasteiger partial charge is 0.240 e. The zero-order valence-corrected chi connectivity index (χ0v) is 17.6. The number of amides is 2. The lowest BCUT2D eigenvalue weighted by Gasteiger charge is -2.03. The number of benzene rings is 1. The van der Waals surface area contributed by atoms with E-state index in [-0.39, 0.29) is 31.3 Å². The van der Waals surface area contributed by atoms with Crippen LogP contribution in [0.15, 0.2) is 42.0 Å². The Bertz CT molecular complexity index is 953. The molecule has 0 radical (unpaired) electrons. The van der Waals surface area contributed by atoms with Crippen molar-refractivity contribution in [3.05, 3.63) is 52.6 Å². The number of hydrogen-bond acceptors (Lipinski definition) is 5. The Labute approximate surface area is 175 Å². The van der Waals surface area contributed by atoms with Gasteiger partial charge in [0.1, 0.15) is 11.6 Å².